The van der Waals surface area contributed by atoms with Gasteiger partial charge >= 0.3 is 0 Å². The molecule has 6 nitrogen and oxygen atoms in total. The molecule has 0 saturated carbocycles. The van der Waals surface area contributed by atoms with E-state index in [0.29, 0.717) is 23.3 Å². The molecule has 3 aromatic rings. The zero-order chi connectivity index (χ0) is 18.6. The van der Waals surface area contributed by atoms with Crippen LogP contribution in [0.2, 0.25) is 0 Å². The summed E-state index contributed by atoms with van der Waals surface area (Å²) in [5, 5.41) is 12.5. The van der Waals surface area contributed by atoms with Crippen LogP contribution in [0, 0.1) is 0 Å². The Morgan fingerprint density at radius 2 is 2.00 bits per heavy atom. The van der Waals surface area contributed by atoms with E-state index >= 15 is 0 Å². The predicted octanol–water partition coefficient (Wildman–Crippen LogP) is 4.33. The molecule has 1 aromatic heterocycles. The molecule has 0 amide bonds. The van der Waals surface area contributed by atoms with Crippen molar-refractivity contribution < 1.29 is 9.47 Å². The minimum Gasteiger partial charge on any atom is -0.490 e. The average molecular weight is 378 g/mol. The summed E-state index contributed by atoms with van der Waals surface area (Å²) >= 11 is 1.43. The van der Waals surface area contributed by atoms with E-state index in [-0.39, 0.29) is 0 Å². The van der Waals surface area contributed by atoms with Crippen molar-refractivity contribution >= 4 is 17.4 Å². The highest BCUT2D eigenvalue weighted by Gasteiger charge is 2.25. The number of benzene rings is 2. The highest BCUT2D eigenvalue weighted by atomic mass is 32.2. The first-order valence-corrected chi connectivity index (χ1v) is 9.66. The second-order valence-electron chi connectivity index (χ2n) is 5.81. The molecule has 1 N–H and O–H groups in total. The number of hydrogen-bond donors (Lipinski definition) is 1. The fourth-order valence-corrected chi connectivity index (χ4v) is 3.08. The summed E-state index contributed by atoms with van der Waals surface area (Å²) in [6.45, 7) is 4.13. The van der Waals surface area contributed by atoms with Crippen molar-refractivity contribution in [3.05, 3.63) is 66.7 Å². The molecule has 0 spiro atoms. The molecule has 27 heavy (non-hydrogen) atoms. The highest BCUT2D eigenvalue weighted by Crippen LogP contribution is 2.39. The monoisotopic (exact) mass is 378 g/mol. The van der Waals surface area contributed by atoms with Gasteiger partial charge in [0.25, 0.3) is 0 Å². The molecule has 0 saturated heterocycles. The molecule has 4 rings (SSSR count). The molecule has 0 aliphatic carbocycles. The fraction of sp³-hybridized carbons (Fsp3) is 0.150. The van der Waals surface area contributed by atoms with Gasteiger partial charge in [0.15, 0.2) is 11.9 Å². The Hall–Kier alpha value is -3.06. The van der Waals surface area contributed by atoms with E-state index < -0.39 is 6.23 Å². The molecule has 0 bridgehead atoms. The van der Waals surface area contributed by atoms with Gasteiger partial charge in [-0.2, -0.15) is 4.98 Å². The minimum atomic E-state index is -0.410. The Labute approximate surface area is 161 Å². The van der Waals surface area contributed by atoms with Crippen molar-refractivity contribution in [1.29, 1.82) is 0 Å². The van der Waals surface area contributed by atoms with Crippen LogP contribution in [-0.4, -0.2) is 28.0 Å². The molecule has 0 radical (unpaired) electrons. The Morgan fingerprint density at radius 1 is 1.19 bits per heavy atom. The summed E-state index contributed by atoms with van der Waals surface area (Å²) in [6.07, 6.45) is 3.21. The number of nitrogens with zero attached hydrogens (tertiary/aromatic N) is 3. The van der Waals surface area contributed by atoms with Gasteiger partial charge in [-0.25, -0.2) is 0 Å². The van der Waals surface area contributed by atoms with E-state index in [1.54, 1.807) is 6.08 Å². The maximum Gasteiger partial charge on any atom is 0.247 e. The molecule has 136 valence electrons. The van der Waals surface area contributed by atoms with Gasteiger partial charge in [0.05, 0.1) is 0 Å². The lowest BCUT2D eigenvalue weighted by Crippen LogP contribution is -2.17. The number of thioether (sulfide) groups is 1. The molecule has 0 fully saturated rings. The third kappa shape index (κ3) is 3.59. The van der Waals surface area contributed by atoms with Crippen molar-refractivity contribution in [3.63, 3.8) is 0 Å². The molecule has 7 heteroatoms. The Kier molecular flexibility index (Phi) is 4.93. The fourth-order valence-electron chi connectivity index (χ4n) is 2.78. The number of ether oxygens (including phenoxy) is 2. The first kappa shape index (κ1) is 17.4. The van der Waals surface area contributed by atoms with E-state index in [1.807, 2.05) is 54.8 Å². The average Bonchev–Trinajstić information content (AvgIpc) is 2.89. The quantitative estimate of drug-likeness (QED) is 0.523. The maximum absolute atomic E-state index is 6.19. The number of fused-ring (bicyclic) bond motifs is 3. The van der Waals surface area contributed by atoms with Crippen LogP contribution in [0.1, 0.15) is 11.8 Å². The van der Waals surface area contributed by atoms with Crippen LogP contribution in [0.4, 0.5) is 5.69 Å². The Bertz CT molecular complexity index is 962. The summed E-state index contributed by atoms with van der Waals surface area (Å²) in [7, 11) is 0. The third-order valence-corrected chi connectivity index (χ3v) is 4.60. The Balaban J connectivity index is 1.72. The second-order valence-corrected chi connectivity index (χ2v) is 6.58. The van der Waals surface area contributed by atoms with Crippen LogP contribution >= 0.6 is 11.8 Å². The SMILES string of the molecule is C=CCOc1ccc([C@H]2Nc3ccccc3-c3nnc(SC)nc3O2)cc1. The van der Waals surface area contributed by atoms with Crippen LogP contribution in [0.25, 0.3) is 11.3 Å². The molecule has 2 aromatic carbocycles. The van der Waals surface area contributed by atoms with Gasteiger partial charge < -0.3 is 14.8 Å². The molecular weight excluding hydrogens is 360 g/mol. The lowest BCUT2D eigenvalue weighted by Gasteiger charge is -2.19. The largest absolute Gasteiger partial charge is 0.490 e. The first-order chi connectivity index (χ1) is 13.3. The maximum atomic E-state index is 6.19. The van der Waals surface area contributed by atoms with Crippen molar-refractivity contribution in [2.75, 3.05) is 18.2 Å². The lowest BCUT2D eigenvalue weighted by atomic mass is 10.1. The van der Waals surface area contributed by atoms with Crippen molar-refractivity contribution in [2.45, 2.75) is 11.4 Å². The summed E-state index contributed by atoms with van der Waals surface area (Å²) in [6, 6.07) is 15.7. The van der Waals surface area contributed by atoms with E-state index in [0.717, 1.165) is 22.6 Å². The van der Waals surface area contributed by atoms with Gasteiger partial charge in [0.2, 0.25) is 11.0 Å². The third-order valence-electron chi connectivity index (χ3n) is 4.07. The number of rotatable bonds is 5. The van der Waals surface area contributed by atoms with Gasteiger partial charge in [-0.15, -0.1) is 10.2 Å². The van der Waals surface area contributed by atoms with Crippen LogP contribution in [0.3, 0.4) is 0 Å². The number of anilines is 1. The topological polar surface area (TPSA) is 69.2 Å². The normalized spacial score (nSPS) is 14.8. The summed E-state index contributed by atoms with van der Waals surface area (Å²) in [5.74, 6) is 1.24. The smallest absolute Gasteiger partial charge is 0.247 e. The summed E-state index contributed by atoms with van der Waals surface area (Å²) in [4.78, 5) is 4.52. The van der Waals surface area contributed by atoms with Crippen LogP contribution < -0.4 is 14.8 Å². The molecule has 2 heterocycles. The zero-order valence-electron chi connectivity index (χ0n) is 14.8. The molecular formula is C20H18N4O2S. The first-order valence-electron chi connectivity index (χ1n) is 8.43. The number of hydrogen-bond acceptors (Lipinski definition) is 7. The Morgan fingerprint density at radius 3 is 2.78 bits per heavy atom. The minimum absolute atomic E-state index is 0.410. The highest BCUT2D eigenvalue weighted by molar-refractivity contribution is 7.98. The van der Waals surface area contributed by atoms with E-state index in [9.17, 15) is 0 Å². The summed E-state index contributed by atoms with van der Waals surface area (Å²) < 4.78 is 11.7. The lowest BCUT2D eigenvalue weighted by molar-refractivity contribution is 0.225. The van der Waals surface area contributed by atoms with Crippen molar-refractivity contribution in [2.24, 2.45) is 0 Å². The number of para-hydroxylation sites is 1. The van der Waals surface area contributed by atoms with Gasteiger partial charge in [-0.3, -0.25) is 0 Å². The van der Waals surface area contributed by atoms with Crippen molar-refractivity contribution in [1.82, 2.24) is 15.2 Å². The van der Waals surface area contributed by atoms with Gasteiger partial charge in [-0.1, -0.05) is 42.6 Å². The number of aromatic nitrogens is 3. The zero-order valence-corrected chi connectivity index (χ0v) is 15.6. The van der Waals surface area contributed by atoms with Gasteiger partial charge in [0, 0.05) is 16.8 Å². The van der Waals surface area contributed by atoms with Crippen LogP contribution in [0.5, 0.6) is 11.6 Å². The van der Waals surface area contributed by atoms with Crippen LogP contribution in [0.15, 0.2) is 66.3 Å². The molecule has 1 aliphatic heterocycles. The van der Waals surface area contributed by atoms with Gasteiger partial charge in [-0.05, 0) is 36.6 Å². The molecule has 0 unspecified atom stereocenters. The second kappa shape index (κ2) is 7.67. The van der Waals surface area contributed by atoms with E-state index in [4.69, 9.17) is 9.47 Å². The predicted molar refractivity (Wildman–Crippen MR) is 106 cm³/mol. The molecule has 1 atom stereocenters. The van der Waals surface area contributed by atoms with Crippen molar-refractivity contribution in [3.8, 4) is 22.9 Å². The van der Waals surface area contributed by atoms with E-state index in [2.05, 4.69) is 27.1 Å². The van der Waals surface area contributed by atoms with Crippen LogP contribution in [-0.2, 0) is 0 Å². The standard InChI is InChI=1S/C20H18N4O2S/c1-3-12-25-14-10-8-13(9-11-14)18-21-16-7-5-4-6-15(16)17-19(26-18)22-20(27-2)24-23-17/h3-11,18,21H,1,12H2,2H3/t18-/m0/s1. The number of nitrogens with one attached hydrogen (secondary N) is 1. The summed E-state index contributed by atoms with van der Waals surface area (Å²) in [5.41, 5.74) is 3.41. The molecule has 1 aliphatic rings. The van der Waals surface area contributed by atoms with Gasteiger partial charge in [0.1, 0.15) is 12.4 Å². The van der Waals surface area contributed by atoms with E-state index in [1.165, 1.54) is 11.8 Å².